The minimum atomic E-state index is -2.78. The SMILES string of the molecule is FC(F)c1nnc(-c2ccc(Cn3cc(-c4ccc5c(c4)CNC5)nn3)cc2)o1. The molecule has 0 aliphatic carbocycles. The number of rotatable bonds is 5. The van der Waals surface area contributed by atoms with Crippen molar-refractivity contribution in [2.75, 3.05) is 0 Å². The molecule has 0 unspecified atom stereocenters. The molecule has 0 bridgehead atoms. The van der Waals surface area contributed by atoms with E-state index in [1.165, 1.54) is 11.1 Å². The van der Waals surface area contributed by atoms with Gasteiger partial charge in [-0.25, -0.2) is 4.68 Å². The van der Waals surface area contributed by atoms with E-state index >= 15 is 0 Å². The summed E-state index contributed by atoms with van der Waals surface area (Å²) in [5.41, 5.74) is 6.05. The topological polar surface area (TPSA) is 81.7 Å². The van der Waals surface area contributed by atoms with E-state index < -0.39 is 12.3 Å². The molecule has 1 aliphatic rings. The van der Waals surface area contributed by atoms with Crippen LogP contribution in [0.4, 0.5) is 8.78 Å². The molecule has 0 amide bonds. The maximum atomic E-state index is 12.6. The summed E-state index contributed by atoms with van der Waals surface area (Å²) >= 11 is 0. The minimum Gasteiger partial charge on any atom is -0.415 e. The van der Waals surface area contributed by atoms with Crippen LogP contribution in [0.2, 0.25) is 0 Å². The van der Waals surface area contributed by atoms with E-state index in [0.29, 0.717) is 12.1 Å². The number of aromatic nitrogens is 5. The number of nitrogens with zero attached hydrogens (tertiary/aromatic N) is 5. The van der Waals surface area contributed by atoms with Crippen LogP contribution < -0.4 is 5.32 Å². The number of hydrogen-bond donors (Lipinski definition) is 1. The Hall–Kier alpha value is -3.46. The van der Waals surface area contributed by atoms with Gasteiger partial charge >= 0.3 is 6.43 Å². The molecule has 2 aromatic carbocycles. The van der Waals surface area contributed by atoms with Crippen molar-refractivity contribution >= 4 is 0 Å². The van der Waals surface area contributed by atoms with Crippen LogP contribution in [0.15, 0.2) is 53.1 Å². The van der Waals surface area contributed by atoms with Gasteiger partial charge in [-0.2, -0.15) is 8.78 Å². The monoisotopic (exact) mass is 394 g/mol. The van der Waals surface area contributed by atoms with Gasteiger partial charge in [-0.1, -0.05) is 29.5 Å². The van der Waals surface area contributed by atoms with Crippen molar-refractivity contribution in [2.45, 2.75) is 26.1 Å². The molecule has 0 saturated heterocycles. The van der Waals surface area contributed by atoms with E-state index in [9.17, 15) is 8.78 Å². The Morgan fingerprint density at radius 3 is 2.55 bits per heavy atom. The van der Waals surface area contributed by atoms with Gasteiger partial charge in [-0.3, -0.25) is 0 Å². The van der Waals surface area contributed by atoms with Gasteiger partial charge in [0.15, 0.2) is 0 Å². The van der Waals surface area contributed by atoms with Crippen molar-refractivity contribution in [1.29, 1.82) is 0 Å². The van der Waals surface area contributed by atoms with Crippen LogP contribution in [0.25, 0.3) is 22.7 Å². The molecule has 9 heteroatoms. The molecule has 0 saturated carbocycles. The highest BCUT2D eigenvalue weighted by Gasteiger charge is 2.17. The Kier molecular flexibility index (Phi) is 4.36. The lowest BCUT2D eigenvalue weighted by Crippen LogP contribution is -2.00. The zero-order valence-corrected chi connectivity index (χ0v) is 15.2. The average Bonchev–Trinajstić information content (AvgIpc) is 3.48. The maximum Gasteiger partial charge on any atom is 0.314 e. The van der Waals surface area contributed by atoms with Gasteiger partial charge in [0.25, 0.3) is 5.89 Å². The normalized spacial score (nSPS) is 13.2. The van der Waals surface area contributed by atoms with Gasteiger partial charge in [0, 0.05) is 24.2 Å². The van der Waals surface area contributed by atoms with E-state index in [-0.39, 0.29) is 5.89 Å². The van der Waals surface area contributed by atoms with Crippen molar-refractivity contribution < 1.29 is 13.2 Å². The second-order valence-electron chi connectivity index (χ2n) is 6.83. The largest absolute Gasteiger partial charge is 0.415 e. The third-order valence-electron chi connectivity index (χ3n) is 4.84. The Labute approximate surface area is 164 Å². The molecular formula is C20H16F2N6O. The van der Waals surface area contributed by atoms with Crippen LogP contribution in [0.3, 0.4) is 0 Å². The van der Waals surface area contributed by atoms with Crippen molar-refractivity contribution in [1.82, 2.24) is 30.5 Å². The summed E-state index contributed by atoms with van der Waals surface area (Å²) < 4.78 is 31.9. The molecule has 0 atom stereocenters. The summed E-state index contributed by atoms with van der Waals surface area (Å²) in [6, 6.07) is 13.6. The van der Waals surface area contributed by atoms with Crippen molar-refractivity contribution in [2.24, 2.45) is 0 Å². The molecule has 29 heavy (non-hydrogen) atoms. The molecule has 4 aromatic rings. The van der Waals surface area contributed by atoms with Crippen molar-refractivity contribution in [3.05, 3.63) is 71.2 Å². The number of benzene rings is 2. The van der Waals surface area contributed by atoms with Crippen LogP contribution >= 0.6 is 0 Å². The number of fused-ring (bicyclic) bond motifs is 1. The summed E-state index contributed by atoms with van der Waals surface area (Å²) in [5, 5.41) is 18.8. The highest BCUT2D eigenvalue weighted by atomic mass is 19.3. The summed E-state index contributed by atoms with van der Waals surface area (Å²) in [5.74, 6) is -0.609. The zero-order chi connectivity index (χ0) is 19.8. The fourth-order valence-corrected chi connectivity index (χ4v) is 3.34. The van der Waals surface area contributed by atoms with E-state index in [1.807, 2.05) is 18.3 Å². The standard InChI is InChI=1S/C20H16F2N6O/c21-18(22)20-26-25-19(29-20)13-3-1-12(2-4-13)10-28-11-17(24-27-28)14-5-6-15-8-23-9-16(15)7-14/h1-7,11,18,23H,8-10H2. The lowest BCUT2D eigenvalue weighted by atomic mass is 10.0. The molecule has 1 N–H and O–H groups in total. The molecule has 7 nitrogen and oxygen atoms in total. The van der Waals surface area contributed by atoms with Crippen LogP contribution in [0.5, 0.6) is 0 Å². The van der Waals surface area contributed by atoms with E-state index in [0.717, 1.165) is 29.9 Å². The summed E-state index contributed by atoms with van der Waals surface area (Å²) in [7, 11) is 0. The first kappa shape index (κ1) is 17.6. The van der Waals surface area contributed by atoms with Crippen molar-refractivity contribution in [3.8, 4) is 22.7 Å². The lowest BCUT2D eigenvalue weighted by Gasteiger charge is -2.02. The van der Waals surface area contributed by atoms with Gasteiger partial charge in [0.05, 0.1) is 12.7 Å². The van der Waals surface area contributed by atoms with Crippen LogP contribution in [-0.2, 0) is 19.6 Å². The first-order valence-electron chi connectivity index (χ1n) is 9.09. The molecule has 146 valence electrons. The minimum absolute atomic E-state index is 0.0704. The summed E-state index contributed by atoms with van der Waals surface area (Å²) in [6.45, 7) is 2.32. The second-order valence-corrected chi connectivity index (χ2v) is 6.83. The molecule has 0 spiro atoms. The quantitative estimate of drug-likeness (QED) is 0.557. The van der Waals surface area contributed by atoms with Crippen LogP contribution in [0, 0.1) is 0 Å². The fraction of sp³-hybridized carbons (Fsp3) is 0.200. The van der Waals surface area contributed by atoms with Crippen LogP contribution in [0.1, 0.15) is 29.0 Å². The van der Waals surface area contributed by atoms with Gasteiger partial charge in [0.2, 0.25) is 5.89 Å². The maximum absolute atomic E-state index is 12.6. The fourth-order valence-electron chi connectivity index (χ4n) is 3.34. The predicted octanol–water partition coefficient (Wildman–Crippen LogP) is 3.58. The molecule has 3 heterocycles. The molecular weight excluding hydrogens is 378 g/mol. The predicted molar refractivity (Wildman–Crippen MR) is 99.8 cm³/mol. The van der Waals surface area contributed by atoms with E-state index in [4.69, 9.17) is 4.42 Å². The highest BCUT2D eigenvalue weighted by Crippen LogP contribution is 2.25. The molecule has 1 aliphatic heterocycles. The Morgan fingerprint density at radius 1 is 0.966 bits per heavy atom. The van der Waals surface area contributed by atoms with Crippen LogP contribution in [-0.4, -0.2) is 25.2 Å². The summed E-state index contributed by atoms with van der Waals surface area (Å²) in [6.07, 6.45) is -0.871. The first-order valence-corrected chi connectivity index (χ1v) is 9.09. The number of nitrogens with one attached hydrogen (secondary N) is 1. The van der Waals surface area contributed by atoms with E-state index in [1.54, 1.807) is 16.8 Å². The van der Waals surface area contributed by atoms with Gasteiger partial charge < -0.3 is 9.73 Å². The molecule has 0 fully saturated rings. The average molecular weight is 394 g/mol. The van der Waals surface area contributed by atoms with Gasteiger partial charge in [-0.05, 0) is 34.9 Å². The Morgan fingerprint density at radius 2 is 1.76 bits per heavy atom. The highest BCUT2D eigenvalue weighted by molar-refractivity contribution is 5.60. The summed E-state index contributed by atoms with van der Waals surface area (Å²) in [4.78, 5) is 0. The van der Waals surface area contributed by atoms with Crippen molar-refractivity contribution in [3.63, 3.8) is 0 Å². The second kappa shape index (κ2) is 7.17. The number of alkyl halides is 2. The smallest absolute Gasteiger partial charge is 0.314 e. The third kappa shape index (κ3) is 3.52. The molecule has 5 rings (SSSR count). The Balaban J connectivity index is 1.31. The third-order valence-corrected chi connectivity index (χ3v) is 4.84. The Bertz CT molecular complexity index is 1150. The molecule has 0 radical (unpaired) electrons. The van der Waals surface area contributed by atoms with Gasteiger partial charge in [0.1, 0.15) is 5.69 Å². The first-order chi connectivity index (χ1) is 14.2. The number of halogens is 2. The zero-order valence-electron chi connectivity index (χ0n) is 15.2. The number of hydrogen-bond acceptors (Lipinski definition) is 6. The van der Waals surface area contributed by atoms with E-state index in [2.05, 4.69) is 44.0 Å². The molecule has 2 aromatic heterocycles. The lowest BCUT2D eigenvalue weighted by molar-refractivity contribution is 0.116. The van der Waals surface area contributed by atoms with Gasteiger partial charge in [-0.15, -0.1) is 15.3 Å².